The molecule has 2 rings (SSSR count). The summed E-state index contributed by atoms with van der Waals surface area (Å²) >= 11 is 0. The van der Waals surface area contributed by atoms with Gasteiger partial charge in [-0.1, -0.05) is 23.8 Å². The van der Waals surface area contributed by atoms with Gasteiger partial charge >= 0.3 is 0 Å². The number of hydrogen-bond acceptors (Lipinski definition) is 2. The maximum Gasteiger partial charge on any atom is 0.0748 e. The van der Waals surface area contributed by atoms with E-state index in [4.69, 9.17) is 0 Å². The van der Waals surface area contributed by atoms with Gasteiger partial charge in [0.25, 0.3) is 0 Å². The lowest BCUT2D eigenvalue weighted by Crippen LogP contribution is -2.21. The van der Waals surface area contributed by atoms with E-state index in [-0.39, 0.29) is 6.04 Å². The number of rotatable bonds is 3. The summed E-state index contributed by atoms with van der Waals surface area (Å²) in [7, 11) is 3.96. The molecular formula is C14H19N3. The van der Waals surface area contributed by atoms with Crippen molar-refractivity contribution in [2.24, 2.45) is 7.05 Å². The maximum absolute atomic E-state index is 4.23. The van der Waals surface area contributed by atoms with Crippen molar-refractivity contribution in [3.63, 3.8) is 0 Å². The van der Waals surface area contributed by atoms with Crippen LogP contribution in [0.5, 0.6) is 0 Å². The Morgan fingerprint density at radius 3 is 2.53 bits per heavy atom. The van der Waals surface area contributed by atoms with Crippen molar-refractivity contribution in [2.45, 2.75) is 19.9 Å². The average Bonchev–Trinajstić information content (AvgIpc) is 2.69. The van der Waals surface area contributed by atoms with E-state index < -0.39 is 0 Å². The minimum Gasteiger partial charge on any atom is -0.308 e. The lowest BCUT2D eigenvalue weighted by atomic mass is 9.97. The predicted molar refractivity (Wildman–Crippen MR) is 70.0 cm³/mol. The van der Waals surface area contributed by atoms with E-state index in [2.05, 4.69) is 48.5 Å². The minimum atomic E-state index is 0.197. The number of benzene rings is 1. The SMILES string of the molecule is CNC(c1ccc(C)cc1C)c1ccnn1C. The zero-order valence-corrected chi connectivity index (χ0v) is 10.9. The number of hydrogen-bond donors (Lipinski definition) is 1. The molecule has 0 spiro atoms. The summed E-state index contributed by atoms with van der Waals surface area (Å²) in [6.45, 7) is 4.28. The Labute approximate surface area is 102 Å². The van der Waals surface area contributed by atoms with E-state index in [0.29, 0.717) is 0 Å². The van der Waals surface area contributed by atoms with Crippen LogP contribution in [0.4, 0.5) is 0 Å². The highest BCUT2D eigenvalue weighted by molar-refractivity contribution is 5.36. The molecule has 0 aliphatic heterocycles. The molecule has 0 aliphatic carbocycles. The molecular weight excluding hydrogens is 210 g/mol. The maximum atomic E-state index is 4.23. The fourth-order valence-corrected chi connectivity index (χ4v) is 2.28. The first-order chi connectivity index (χ1) is 8.13. The van der Waals surface area contributed by atoms with Gasteiger partial charge in [-0.3, -0.25) is 4.68 Å². The third kappa shape index (κ3) is 2.24. The quantitative estimate of drug-likeness (QED) is 0.875. The number of nitrogens with zero attached hydrogens (tertiary/aromatic N) is 2. The van der Waals surface area contributed by atoms with Crippen LogP contribution in [0.1, 0.15) is 28.4 Å². The monoisotopic (exact) mass is 229 g/mol. The topological polar surface area (TPSA) is 29.9 Å². The predicted octanol–water partition coefficient (Wildman–Crippen LogP) is 2.35. The highest BCUT2D eigenvalue weighted by Gasteiger charge is 2.16. The Balaban J connectivity index is 2.46. The fourth-order valence-electron chi connectivity index (χ4n) is 2.28. The molecule has 90 valence electrons. The molecule has 0 aliphatic rings. The normalized spacial score (nSPS) is 12.7. The van der Waals surface area contributed by atoms with E-state index in [9.17, 15) is 0 Å². The van der Waals surface area contributed by atoms with Crippen LogP contribution >= 0.6 is 0 Å². The van der Waals surface area contributed by atoms with Gasteiger partial charge < -0.3 is 5.32 Å². The number of aromatic nitrogens is 2. The van der Waals surface area contributed by atoms with Gasteiger partial charge in [-0.05, 0) is 38.1 Å². The van der Waals surface area contributed by atoms with Gasteiger partial charge in [-0.15, -0.1) is 0 Å². The first-order valence-electron chi connectivity index (χ1n) is 5.86. The molecule has 1 N–H and O–H groups in total. The van der Waals surface area contributed by atoms with Gasteiger partial charge in [0.1, 0.15) is 0 Å². The number of aryl methyl sites for hydroxylation is 3. The van der Waals surface area contributed by atoms with Crippen LogP contribution in [0.15, 0.2) is 30.5 Å². The molecule has 1 aromatic carbocycles. The summed E-state index contributed by atoms with van der Waals surface area (Å²) in [5.41, 5.74) is 5.10. The Bertz CT molecular complexity index is 514. The van der Waals surface area contributed by atoms with E-state index in [1.807, 2.05) is 25.0 Å². The second-order valence-corrected chi connectivity index (χ2v) is 4.46. The summed E-state index contributed by atoms with van der Waals surface area (Å²) in [6.07, 6.45) is 1.84. The molecule has 1 atom stereocenters. The van der Waals surface area contributed by atoms with Gasteiger partial charge in [0.2, 0.25) is 0 Å². The highest BCUT2D eigenvalue weighted by atomic mass is 15.3. The molecule has 0 saturated heterocycles. The molecule has 17 heavy (non-hydrogen) atoms. The van der Waals surface area contributed by atoms with Gasteiger partial charge in [-0.2, -0.15) is 5.10 Å². The Morgan fingerprint density at radius 2 is 2.00 bits per heavy atom. The van der Waals surface area contributed by atoms with Crippen molar-refractivity contribution in [1.82, 2.24) is 15.1 Å². The third-order valence-corrected chi connectivity index (χ3v) is 3.18. The molecule has 3 nitrogen and oxygen atoms in total. The molecule has 3 heteroatoms. The van der Waals surface area contributed by atoms with E-state index in [1.165, 1.54) is 22.4 Å². The van der Waals surface area contributed by atoms with Crippen molar-refractivity contribution in [3.8, 4) is 0 Å². The molecule has 1 aromatic heterocycles. The van der Waals surface area contributed by atoms with Gasteiger partial charge in [0, 0.05) is 13.2 Å². The van der Waals surface area contributed by atoms with E-state index in [0.717, 1.165) is 0 Å². The number of nitrogens with one attached hydrogen (secondary N) is 1. The lowest BCUT2D eigenvalue weighted by molar-refractivity contribution is 0.604. The summed E-state index contributed by atoms with van der Waals surface area (Å²) in [5.74, 6) is 0. The first-order valence-corrected chi connectivity index (χ1v) is 5.86. The molecule has 0 fully saturated rings. The van der Waals surface area contributed by atoms with Crippen molar-refractivity contribution >= 4 is 0 Å². The van der Waals surface area contributed by atoms with Gasteiger partial charge in [0.05, 0.1) is 11.7 Å². The largest absolute Gasteiger partial charge is 0.308 e. The molecule has 2 aromatic rings. The average molecular weight is 229 g/mol. The third-order valence-electron chi connectivity index (χ3n) is 3.18. The smallest absolute Gasteiger partial charge is 0.0748 e. The molecule has 0 bridgehead atoms. The Kier molecular flexibility index (Phi) is 3.29. The summed E-state index contributed by atoms with van der Waals surface area (Å²) in [4.78, 5) is 0. The highest BCUT2D eigenvalue weighted by Crippen LogP contribution is 2.24. The van der Waals surface area contributed by atoms with Crippen molar-refractivity contribution in [1.29, 1.82) is 0 Å². The molecule has 1 heterocycles. The van der Waals surface area contributed by atoms with Crippen LogP contribution in [0, 0.1) is 13.8 Å². The summed E-state index contributed by atoms with van der Waals surface area (Å²) in [6, 6.07) is 8.82. The molecule has 0 radical (unpaired) electrons. The zero-order chi connectivity index (χ0) is 12.4. The van der Waals surface area contributed by atoms with Crippen molar-refractivity contribution in [3.05, 3.63) is 52.8 Å². The molecule has 1 unspecified atom stereocenters. The van der Waals surface area contributed by atoms with Crippen LogP contribution in [-0.4, -0.2) is 16.8 Å². The van der Waals surface area contributed by atoms with Gasteiger partial charge in [0.15, 0.2) is 0 Å². The van der Waals surface area contributed by atoms with Crippen molar-refractivity contribution < 1.29 is 0 Å². The van der Waals surface area contributed by atoms with Crippen LogP contribution in [-0.2, 0) is 7.05 Å². The van der Waals surface area contributed by atoms with Crippen LogP contribution in [0.2, 0.25) is 0 Å². The summed E-state index contributed by atoms with van der Waals surface area (Å²) < 4.78 is 1.92. The lowest BCUT2D eigenvalue weighted by Gasteiger charge is -2.19. The second kappa shape index (κ2) is 4.72. The van der Waals surface area contributed by atoms with Gasteiger partial charge in [-0.25, -0.2) is 0 Å². The standard InChI is InChI=1S/C14H19N3/c1-10-5-6-12(11(2)9-10)14(15-3)13-7-8-16-17(13)4/h5-9,14-15H,1-4H3. The molecule has 0 saturated carbocycles. The molecule has 0 amide bonds. The van der Waals surface area contributed by atoms with Crippen molar-refractivity contribution in [2.75, 3.05) is 7.05 Å². The fraction of sp³-hybridized carbons (Fsp3) is 0.357. The minimum absolute atomic E-state index is 0.197. The van der Waals surface area contributed by atoms with Crippen LogP contribution in [0.3, 0.4) is 0 Å². The van der Waals surface area contributed by atoms with E-state index in [1.54, 1.807) is 0 Å². The van der Waals surface area contributed by atoms with Crippen LogP contribution < -0.4 is 5.32 Å². The summed E-state index contributed by atoms with van der Waals surface area (Å²) in [5, 5.41) is 7.60. The Morgan fingerprint density at radius 1 is 1.24 bits per heavy atom. The second-order valence-electron chi connectivity index (χ2n) is 4.46. The first kappa shape index (κ1) is 11.9. The zero-order valence-electron chi connectivity index (χ0n) is 10.9. The van der Waals surface area contributed by atoms with Crippen LogP contribution in [0.25, 0.3) is 0 Å². The Hall–Kier alpha value is -1.61. The van der Waals surface area contributed by atoms with E-state index >= 15 is 0 Å².